The Morgan fingerprint density at radius 2 is 1.94 bits per heavy atom. The molecule has 4 heteroatoms. The lowest BCUT2D eigenvalue weighted by molar-refractivity contribution is 0.219. The molecule has 4 nitrogen and oxygen atoms in total. The van der Waals surface area contributed by atoms with Crippen LogP contribution in [0.5, 0.6) is 5.75 Å². The number of hydrogen-bond acceptors (Lipinski definition) is 4. The predicted octanol–water partition coefficient (Wildman–Crippen LogP) is 2.14. The second kappa shape index (κ2) is 5.51. The van der Waals surface area contributed by atoms with Gasteiger partial charge in [-0.2, -0.15) is 0 Å². The van der Waals surface area contributed by atoms with Gasteiger partial charge in [-0.1, -0.05) is 12.1 Å². The van der Waals surface area contributed by atoms with Gasteiger partial charge < -0.3 is 15.6 Å². The molecule has 0 bridgehead atoms. The van der Waals surface area contributed by atoms with Gasteiger partial charge in [0, 0.05) is 17.4 Å². The average molecular weight is 244 g/mol. The van der Waals surface area contributed by atoms with Crippen LogP contribution in [0.15, 0.2) is 42.7 Å². The smallest absolute Gasteiger partial charge is 0.137 e. The number of aliphatic hydroxyl groups is 1. The second-order valence-corrected chi connectivity index (χ2v) is 3.96. The van der Waals surface area contributed by atoms with E-state index in [0.29, 0.717) is 23.6 Å². The number of hydrogen-bond donors (Lipinski definition) is 2. The average Bonchev–Trinajstić information content (AvgIpc) is 2.39. The predicted molar refractivity (Wildman–Crippen MR) is 70.3 cm³/mol. The van der Waals surface area contributed by atoms with Gasteiger partial charge >= 0.3 is 0 Å². The van der Waals surface area contributed by atoms with Gasteiger partial charge in [-0.25, -0.2) is 0 Å². The summed E-state index contributed by atoms with van der Waals surface area (Å²) in [5.41, 5.74) is 7.77. The standard InChI is InChI=1S/C14H16N2O2/c1-2-18-13-7-11(8-16-9-13)14(17)10-3-5-12(15)6-4-10/h3-9,14,17H,2,15H2,1H3. The van der Waals surface area contributed by atoms with Crippen molar-refractivity contribution in [3.05, 3.63) is 53.9 Å². The summed E-state index contributed by atoms with van der Waals surface area (Å²) < 4.78 is 5.36. The monoisotopic (exact) mass is 244 g/mol. The number of ether oxygens (including phenoxy) is 1. The summed E-state index contributed by atoms with van der Waals surface area (Å²) >= 11 is 0. The van der Waals surface area contributed by atoms with Crippen LogP contribution in [0.3, 0.4) is 0 Å². The number of benzene rings is 1. The molecule has 1 atom stereocenters. The van der Waals surface area contributed by atoms with E-state index in [9.17, 15) is 5.11 Å². The molecule has 94 valence electrons. The molecule has 1 aromatic heterocycles. The van der Waals surface area contributed by atoms with Crippen LogP contribution in [-0.4, -0.2) is 16.7 Å². The van der Waals surface area contributed by atoms with Crippen LogP contribution in [0.1, 0.15) is 24.2 Å². The van der Waals surface area contributed by atoms with Gasteiger partial charge in [0.2, 0.25) is 0 Å². The minimum Gasteiger partial charge on any atom is -0.492 e. The fraction of sp³-hybridized carbons (Fsp3) is 0.214. The number of aromatic nitrogens is 1. The molecular formula is C14H16N2O2. The topological polar surface area (TPSA) is 68.4 Å². The highest BCUT2D eigenvalue weighted by molar-refractivity contribution is 5.42. The van der Waals surface area contributed by atoms with E-state index in [4.69, 9.17) is 10.5 Å². The first kappa shape index (κ1) is 12.4. The van der Waals surface area contributed by atoms with Crippen molar-refractivity contribution in [2.24, 2.45) is 0 Å². The summed E-state index contributed by atoms with van der Waals surface area (Å²) in [7, 11) is 0. The Morgan fingerprint density at radius 3 is 2.61 bits per heavy atom. The van der Waals surface area contributed by atoms with Crippen LogP contribution < -0.4 is 10.5 Å². The molecule has 18 heavy (non-hydrogen) atoms. The molecule has 1 unspecified atom stereocenters. The maximum absolute atomic E-state index is 10.2. The Bertz CT molecular complexity index is 511. The van der Waals surface area contributed by atoms with Gasteiger partial charge in [-0.05, 0) is 30.7 Å². The number of rotatable bonds is 4. The minimum absolute atomic E-state index is 0.573. The highest BCUT2D eigenvalue weighted by Gasteiger charge is 2.11. The van der Waals surface area contributed by atoms with Gasteiger partial charge in [-0.15, -0.1) is 0 Å². The molecule has 0 saturated carbocycles. The van der Waals surface area contributed by atoms with Crippen LogP contribution in [-0.2, 0) is 0 Å². The van der Waals surface area contributed by atoms with E-state index < -0.39 is 6.10 Å². The molecule has 3 N–H and O–H groups in total. The number of nitrogens with two attached hydrogens (primary N) is 1. The highest BCUT2D eigenvalue weighted by Crippen LogP contribution is 2.24. The summed E-state index contributed by atoms with van der Waals surface area (Å²) in [4.78, 5) is 4.06. The van der Waals surface area contributed by atoms with Crippen molar-refractivity contribution in [3.8, 4) is 5.75 Å². The molecule has 1 heterocycles. The second-order valence-electron chi connectivity index (χ2n) is 3.96. The molecule has 1 aromatic carbocycles. The maximum Gasteiger partial charge on any atom is 0.137 e. The van der Waals surface area contributed by atoms with Crippen molar-refractivity contribution < 1.29 is 9.84 Å². The zero-order valence-corrected chi connectivity index (χ0v) is 10.2. The van der Waals surface area contributed by atoms with Crippen molar-refractivity contribution in [3.63, 3.8) is 0 Å². The van der Waals surface area contributed by atoms with E-state index in [1.54, 1.807) is 42.7 Å². The SMILES string of the molecule is CCOc1cncc(C(O)c2ccc(N)cc2)c1. The molecule has 2 rings (SSSR count). The summed E-state index contributed by atoms with van der Waals surface area (Å²) in [5, 5.41) is 10.2. The molecule has 0 amide bonds. The molecule has 0 aliphatic carbocycles. The first-order valence-electron chi connectivity index (χ1n) is 5.82. The number of nitrogens with zero attached hydrogens (tertiary/aromatic N) is 1. The Labute approximate surface area is 106 Å². The van der Waals surface area contributed by atoms with Crippen LogP contribution in [0.4, 0.5) is 5.69 Å². The van der Waals surface area contributed by atoms with E-state index in [0.717, 1.165) is 5.56 Å². The summed E-state index contributed by atoms with van der Waals surface area (Å²) in [6, 6.07) is 8.91. The summed E-state index contributed by atoms with van der Waals surface area (Å²) in [6.45, 7) is 2.48. The van der Waals surface area contributed by atoms with Crippen LogP contribution in [0.25, 0.3) is 0 Å². The summed E-state index contributed by atoms with van der Waals surface area (Å²) in [6.07, 6.45) is 2.53. The normalized spacial score (nSPS) is 12.1. The zero-order valence-electron chi connectivity index (χ0n) is 10.2. The van der Waals surface area contributed by atoms with Crippen molar-refractivity contribution in [2.75, 3.05) is 12.3 Å². The number of nitrogen functional groups attached to an aromatic ring is 1. The Hall–Kier alpha value is -2.07. The lowest BCUT2D eigenvalue weighted by atomic mass is 10.0. The fourth-order valence-corrected chi connectivity index (χ4v) is 1.70. The quantitative estimate of drug-likeness (QED) is 0.808. The van der Waals surface area contributed by atoms with E-state index in [-0.39, 0.29) is 0 Å². The molecule has 0 fully saturated rings. The third-order valence-corrected chi connectivity index (χ3v) is 2.61. The zero-order chi connectivity index (χ0) is 13.0. The third kappa shape index (κ3) is 2.78. The maximum atomic E-state index is 10.2. The third-order valence-electron chi connectivity index (χ3n) is 2.61. The Balaban J connectivity index is 2.24. The van der Waals surface area contributed by atoms with Gasteiger partial charge in [0.15, 0.2) is 0 Å². The molecule has 0 saturated heterocycles. The van der Waals surface area contributed by atoms with Crippen molar-refractivity contribution in [1.82, 2.24) is 4.98 Å². The van der Waals surface area contributed by atoms with E-state index >= 15 is 0 Å². The van der Waals surface area contributed by atoms with E-state index in [2.05, 4.69) is 4.98 Å². The van der Waals surface area contributed by atoms with Gasteiger partial charge in [0.25, 0.3) is 0 Å². The lowest BCUT2D eigenvalue weighted by Crippen LogP contribution is -2.02. The lowest BCUT2D eigenvalue weighted by Gasteiger charge is -2.12. The van der Waals surface area contributed by atoms with Gasteiger partial charge in [0.05, 0.1) is 12.8 Å². The molecule has 2 aromatic rings. The van der Waals surface area contributed by atoms with Crippen molar-refractivity contribution >= 4 is 5.69 Å². The highest BCUT2D eigenvalue weighted by atomic mass is 16.5. The largest absolute Gasteiger partial charge is 0.492 e. The number of aliphatic hydroxyl groups excluding tert-OH is 1. The minimum atomic E-state index is -0.724. The van der Waals surface area contributed by atoms with E-state index in [1.165, 1.54) is 0 Å². The number of anilines is 1. The van der Waals surface area contributed by atoms with Gasteiger partial charge in [-0.3, -0.25) is 4.98 Å². The van der Waals surface area contributed by atoms with Crippen molar-refractivity contribution in [1.29, 1.82) is 0 Å². The Morgan fingerprint density at radius 1 is 1.22 bits per heavy atom. The van der Waals surface area contributed by atoms with Crippen LogP contribution >= 0.6 is 0 Å². The molecule has 0 radical (unpaired) electrons. The fourth-order valence-electron chi connectivity index (χ4n) is 1.70. The van der Waals surface area contributed by atoms with Gasteiger partial charge in [0.1, 0.15) is 11.9 Å². The first-order valence-corrected chi connectivity index (χ1v) is 5.82. The summed E-state index contributed by atoms with van der Waals surface area (Å²) in [5.74, 6) is 0.657. The molecule has 0 spiro atoms. The van der Waals surface area contributed by atoms with Crippen LogP contribution in [0.2, 0.25) is 0 Å². The molecular weight excluding hydrogens is 228 g/mol. The van der Waals surface area contributed by atoms with Crippen molar-refractivity contribution in [2.45, 2.75) is 13.0 Å². The number of pyridine rings is 1. The van der Waals surface area contributed by atoms with E-state index in [1.807, 2.05) is 6.92 Å². The molecule has 0 aliphatic heterocycles. The first-order chi connectivity index (χ1) is 8.70. The Kier molecular flexibility index (Phi) is 3.79. The van der Waals surface area contributed by atoms with Crippen LogP contribution in [0, 0.1) is 0 Å². The molecule has 0 aliphatic rings.